The Morgan fingerprint density at radius 2 is 1.83 bits per heavy atom. The zero-order valence-corrected chi connectivity index (χ0v) is 19.1. The molecule has 2 aliphatic heterocycles. The summed E-state index contributed by atoms with van der Waals surface area (Å²) in [6, 6.07) is 7.22. The van der Waals surface area contributed by atoms with E-state index in [1.165, 1.54) is 10.4 Å². The maximum absolute atomic E-state index is 12.3. The first-order chi connectivity index (χ1) is 14.1. The topological polar surface area (TPSA) is 79.0 Å². The minimum absolute atomic E-state index is 0.149. The van der Waals surface area contributed by atoms with E-state index in [0.717, 1.165) is 18.7 Å². The predicted octanol–water partition coefficient (Wildman–Crippen LogP) is 2.24. The summed E-state index contributed by atoms with van der Waals surface area (Å²) in [6.07, 6.45) is 4.28. The highest BCUT2D eigenvalue weighted by atomic mass is 32.2. The Hall–Kier alpha value is -1.90. The molecule has 30 heavy (non-hydrogen) atoms. The lowest BCUT2D eigenvalue weighted by atomic mass is 10.00. The van der Waals surface area contributed by atoms with E-state index in [0.29, 0.717) is 25.2 Å². The van der Waals surface area contributed by atoms with E-state index in [1.54, 1.807) is 18.2 Å². The van der Waals surface area contributed by atoms with Gasteiger partial charge in [0.15, 0.2) is 0 Å². The third-order valence-corrected chi connectivity index (χ3v) is 7.55. The second-order valence-corrected chi connectivity index (χ2v) is 10.9. The molecule has 0 aromatic heterocycles. The van der Waals surface area contributed by atoms with Crippen LogP contribution in [0.2, 0.25) is 0 Å². The molecule has 0 radical (unpaired) electrons. The molecule has 1 amide bonds. The van der Waals surface area contributed by atoms with Gasteiger partial charge in [-0.1, -0.05) is 12.1 Å². The summed E-state index contributed by atoms with van der Waals surface area (Å²) in [4.78, 5) is 14.7. The third-order valence-electron chi connectivity index (χ3n) is 5.68. The summed E-state index contributed by atoms with van der Waals surface area (Å²) in [5.41, 5.74) is 1.35. The second kappa shape index (κ2) is 9.08. The van der Waals surface area contributed by atoms with Crippen LogP contribution in [0.3, 0.4) is 0 Å². The molecule has 0 saturated carbocycles. The molecule has 2 heterocycles. The molecule has 2 fully saturated rings. The number of rotatable bonds is 6. The van der Waals surface area contributed by atoms with Crippen LogP contribution in [0.25, 0.3) is 6.08 Å². The summed E-state index contributed by atoms with van der Waals surface area (Å²) in [7, 11) is -3.18. The van der Waals surface area contributed by atoms with E-state index in [2.05, 4.69) is 37.9 Å². The molecule has 0 aliphatic carbocycles. The normalized spacial score (nSPS) is 25.0. The number of nitrogens with zero attached hydrogens (tertiary/aromatic N) is 2. The SMILES string of the molecule is CC1CN(C(C)(C)CNC(=O)/C=C/c2ccc(N3CCCS3(=O)=O)cc2)CC(C)O1. The van der Waals surface area contributed by atoms with Crippen molar-refractivity contribution in [1.29, 1.82) is 0 Å². The van der Waals surface area contributed by atoms with Crippen molar-refractivity contribution in [3.63, 3.8) is 0 Å². The standard InChI is InChI=1S/C22H33N3O4S/c1-17-14-24(15-18(2)29-17)22(3,4)16-23-21(26)11-8-19-6-9-20(10-7-19)25-12-5-13-30(25,27)28/h6-11,17-18H,5,12-16H2,1-4H3,(H,23,26)/b11-8+. The lowest BCUT2D eigenvalue weighted by Gasteiger charge is -2.45. The van der Waals surface area contributed by atoms with Crippen molar-refractivity contribution in [2.45, 2.75) is 51.9 Å². The molecular weight excluding hydrogens is 402 g/mol. The first kappa shape index (κ1) is 22.8. The molecule has 166 valence electrons. The Morgan fingerprint density at radius 1 is 1.20 bits per heavy atom. The van der Waals surface area contributed by atoms with Crippen molar-refractivity contribution in [3.8, 4) is 0 Å². The Morgan fingerprint density at radius 3 is 2.40 bits per heavy atom. The number of morpholine rings is 1. The van der Waals surface area contributed by atoms with Crippen LogP contribution in [-0.4, -0.2) is 68.9 Å². The van der Waals surface area contributed by atoms with Gasteiger partial charge in [0, 0.05) is 37.8 Å². The van der Waals surface area contributed by atoms with Crippen LogP contribution in [0.1, 0.15) is 39.7 Å². The summed E-state index contributed by atoms with van der Waals surface area (Å²) >= 11 is 0. The van der Waals surface area contributed by atoms with Gasteiger partial charge in [-0.05, 0) is 57.9 Å². The molecule has 2 unspecified atom stereocenters. The van der Waals surface area contributed by atoms with E-state index in [9.17, 15) is 13.2 Å². The van der Waals surface area contributed by atoms with Gasteiger partial charge in [0.2, 0.25) is 15.9 Å². The van der Waals surface area contributed by atoms with E-state index < -0.39 is 10.0 Å². The van der Waals surface area contributed by atoms with Gasteiger partial charge in [-0.15, -0.1) is 0 Å². The van der Waals surface area contributed by atoms with Gasteiger partial charge < -0.3 is 10.1 Å². The van der Waals surface area contributed by atoms with Gasteiger partial charge in [-0.25, -0.2) is 8.42 Å². The van der Waals surface area contributed by atoms with E-state index >= 15 is 0 Å². The molecule has 2 atom stereocenters. The molecule has 2 saturated heterocycles. The molecule has 1 N–H and O–H groups in total. The lowest BCUT2D eigenvalue weighted by molar-refractivity contribution is -0.118. The molecule has 1 aromatic carbocycles. The van der Waals surface area contributed by atoms with E-state index in [1.807, 2.05) is 12.1 Å². The molecule has 1 aromatic rings. The third kappa shape index (κ3) is 5.62. The van der Waals surface area contributed by atoms with Crippen molar-refractivity contribution in [2.24, 2.45) is 0 Å². The van der Waals surface area contributed by atoms with Crippen LogP contribution in [0, 0.1) is 0 Å². The van der Waals surface area contributed by atoms with Crippen molar-refractivity contribution < 1.29 is 17.9 Å². The Bertz CT molecular complexity index is 870. The minimum Gasteiger partial charge on any atom is -0.373 e. The van der Waals surface area contributed by atoms with Crippen LogP contribution in [0.15, 0.2) is 30.3 Å². The lowest BCUT2D eigenvalue weighted by Crippen LogP contribution is -2.58. The Kier molecular flexibility index (Phi) is 6.89. The van der Waals surface area contributed by atoms with Crippen LogP contribution >= 0.6 is 0 Å². The smallest absolute Gasteiger partial charge is 0.244 e. The molecule has 3 rings (SSSR count). The molecule has 2 aliphatic rings. The number of carbonyl (C=O) groups excluding carboxylic acids is 1. The van der Waals surface area contributed by atoms with E-state index in [-0.39, 0.29) is 29.4 Å². The molecular formula is C22H33N3O4S. The summed E-state index contributed by atoms with van der Waals surface area (Å²) in [5, 5.41) is 2.99. The Labute approximate surface area is 180 Å². The molecule has 0 bridgehead atoms. The minimum atomic E-state index is -3.18. The number of nitrogens with one attached hydrogen (secondary N) is 1. The average Bonchev–Trinajstić information content (AvgIpc) is 3.03. The number of anilines is 1. The van der Waals surface area contributed by atoms with Crippen LogP contribution < -0.4 is 9.62 Å². The quantitative estimate of drug-likeness (QED) is 0.694. The van der Waals surface area contributed by atoms with Crippen LogP contribution in [0.5, 0.6) is 0 Å². The predicted molar refractivity (Wildman–Crippen MR) is 120 cm³/mol. The van der Waals surface area contributed by atoms with Gasteiger partial charge in [-0.2, -0.15) is 0 Å². The highest BCUT2D eigenvalue weighted by Crippen LogP contribution is 2.24. The fraction of sp³-hybridized carbons (Fsp3) is 0.591. The summed E-state index contributed by atoms with van der Waals surface area (Å²) < 4.78 is 31.3. The fourth-order valence-electron chi connectivity index (χ4n) is 4.00. The number of carbonyl (C=O) groups is 1. The van der Waals surface area contributed by atoms with Crippen molar-refractivity contribution in [1.82, 2.24) is 10.2 Å². The van der Waals surface area contributed by atoms with Crippen LogP contribution in [-0.2, 0) is 19.6 Å². The molecule has 7 nitrogen and oxygen atoms in total. The highest BCUT2D eigenvalue weighted by molar-refractivity contribution is 7.93. The first-order valence-electron chi connectivity index (χ1n) is 10.5. The highest BCUT2D eigenvalue weighted by Gasteiger charge is 2.33. The number of ether oxygens (including phenoxy) is 1. The maximum Gasteiger partial charge on any atom is 0.244 e. The van der Waals surface area contributed by atoms with Gasteiger partial charge in [0.05, 0.1) is 23.6 Å². The number of sulfonamides is 1. The number of hydrogen-bond acceptors (Lipinski definition) is 5. The maximum atomic E-state index is 12.3. The summed E-state index contributed by atoms with van der Waals surface area (Å²) in [5.74, 6) is 0.0524. The Balaban J connectivity index is 1.53. The zero-order chi connectivity index (χ0) is 21.9. The molecule has 8 heteroatoms. The molecule has 0 spiro atoms. The van der Waals surface area contributed by atoms with Gasteiger partial charge >= 0.3 is 0 Å². The number of amides is 1. The van der Waals surface area contributed by atoms with Crippen molar-refractivity contribution in [2.75, 3.05) is 36.2 Å². The first-order valence-corrected chi connectivity index (χ1v) is 12.1. The summed E-state index contributed by atoms with van der Waals surface area (Å²) in [6.45, 7) is 11.2. The van der Waals surface area contributed by atoms with Gasteiger partial charge in [-0.3, -0.25) is 14.0 Å². The second-order valence-electron chi connectivity index (χ2n) is 8.86. The van der Waals surface area contributed by atoms with E-state index in [4.69, 9.17) is 4.74 Å². The van der Waals surface area contributed by atoms with Gasteiger partial charge in [0.1, 0.15) is 0 Å². The average molecular weight is 436 g/mol. The fourth-order valence-corrected chi connectivity index (χ4v) is 5.56. The number of benzene rings is 1. The van der Waals surface area contributed by atoms with Gasteiger partial charge in [0.25, 0.3) is 0 Å². The zero-order valence-electron chi connectivity index (χ0n) is 18.3. The van der Waals surface area contributed by atoms with Crippen molar-refractivity contribution >= 4 is 27.7 Å². The largest absolute Gasteiger partial charge is 0.373 e. The van der Waals surface area contributed by atoms with Crippen molar-refractivity contribution in [3.05, 3.63) is 35.9 Å². The number of hydrogen-bond donors (Lipinski definition) is 1. The van der Waals surface area contributed by atoms with Crippen LogP contribution in [0.4, 0.5) is 5.69 Å². The monoisotopic (exact) mass is 435 g/mol.